The van der Waals surface area contributed by atoms with E-state index in [-0.39, 0.29) is 5.91 Å². The Hall–Kier alpha value is -2.14. The van der Waals surface area contributed by atoms with Crippen molar-refractivity contribution in [2.24, 2.45) is 5.73 Å². The van der Waals surface area contributed by atoms with E-state index in [1.807, 2.05) is 18.2 Å². The average molecular weight is 274 g/mol. The maximum Gasteiger partial charge on any atom is 0.251 e. The zero-order valence-electron chi connectivity index (χ0n) is 10.3. The summed E-state index contributed by atoms with van der Waals surface area (Å²) >= 11 is 4.88. The van der Waals surface area contributed by atoms with Crippen molar-refractivity contribution in [2.45, 2.75) is 13.0 Å². The molecule has 0 fully saturated rings. The smallest absolute Gasteiger partial charge is 0.251 e. The Morgan fingerprint density at radius 3 is 2.74 bits per heavy atom. The van der Waals surface area contributed by atoms with Crippen LogP contribution >= 0.6 is 12.2 Å². The van der Waals surface area contributed by atoms with Gasteiger partial charge in [-0.1, -0.05) is 30.4 Å². The predicted molar refractivity (Wildman–Crippen MR) is 76.8 cm³/mol. The van der Waals surface area contributed by atoms with E-state index in [9.17, 15) is 4.79 Å². The quantitative estimate of drug-likeness (QED) is 0.819. The van der Waals surface area contributed by atoms with Gasteiger partial charge in [0.25, 0.3) is 5.91 Å². The van der Waals surface area contributed by atoms with Gasteiger partial charge in [-0.15, -0.1) is 0 Å². The van der Waals surface area contributed by atoms with Gasteiger partial charge in [-0.2, -0.15) is 0 Å². The molecule has 0 aliphatic carbocycles. The number of carbonyl (C=O) groups excluding carboxylic acids is 1. The van der Waals surface area contributed by atoms with E-state index in [2.05, 4.69) is 5.32 Å². The third-order valence-corrected chi connectivity index (χ3v) is 2.77. The molecular formula is C14H14N2O2S. The highest BCUT2D eigenvalue weighted by molar-refractivity contribution is 7.80. The first-order chi connectivity index (χ1) is 9.16. The maximum atomic E-state index is 12.1. The Labute approximate surface area is 116 Å². The largest absolute Gasteiger partial charge is 0.467 e. The fraction of sp³-hybridized carbons (Fsp3) is 0.143. The molecule has 2 aromatic rings. The van der Waals surface area contributed by atoms with Crippen LogP contribution in [0.3, 0.4) is 0 Å². The number of rotatable bonds is 5. The van der Waals surface area contributed by atoms with Crippen molar-refractivity contribution < 1.29 is 9.21 Å². The summed E-state index contributed by atoms with van der Waals surface area (Å²) in [5, 5.41) is 2.80. The summed E-state index contributed by atoms with van der Waals surface area (Å²) in [6.07, 6.45) is 1.99. The van der Waals surface area contributed by atoms with Gasteiger partial charge in [0.05, 0.1) is 17.8 Å². The number of hydrogen-bond acceptors (Lipinski definition) is 3. The average Bonchev–Trinajstić information content (AvgIpc) is 2.89. The number of furan rings is 1. The lowest BCUT2D eigenvalue weighted by molar-refractivity contribution is 0.0947. The second kappa shape index (κ2) is 6.15. The van der Waals surface area contributed by atoms with Crippen LogP contribution in [0.15, 0.2) is 47.1 Å². The Balaban J connectivity index is 2.08. The zero-order valence-corrected chi connectivity index (χ0v) is 11.1. The lowest BCUT2D eigenvalue weighted by atomic mass is 10.0. The summed E-state index contributed by atoms with van der Waals surface area (Å²) in [4.78, 5) is 12.5. The van der Waals surface area contributed by atoms with Crippen molar-refractivity contribution in [1.82, 2.24) is 5.32 Å². The van der Waals surface area contributed by atoms with E-state index >= 15 is 0 Å². The summed E-state index contributed by atoms with van der Waals surface area (Å²) < 4.78 is 5.16. The van der Waals surface area contributed by atoms with Crippen molar-refractivity contribution in [3.05, 3.63) is 59.5 Å². The van der Waals surface area contributed by atoms with E-state index in [0.717, 1.165) is 5.56 Å². The molecule has 0 bridgehead atoms. The van der Waals surface area contributed by atoms with Gasteiger partial charge in [0, 0.05) is 12.0 Å². The molecule has 3 N–H and O–H groups in total. The minimum atomic E-state index is -0.164. The number of nitrogens with one attached hydrogen (secondary N) is 1. The van der Waals surface area contributed by atoms with E-state index in [1.165, 1.54) is 0 Å². The fourth-order valence-corrected chi connectivity index (χ4v) is 1.91. The van der Waals surface area contributed by atoms with Crippen LogP contribution in [0.4, 0.5) is 0 Å². The zero-order chi connectivity index (χ0) is 13.7. The molecule has 0 spiro atoms. The number of nitrogens with two attached hydrogens (primary N) is 1. The highest BCUT2D eigenvalue weighted by Gasteiger charge is 2.11. The maximum absolute atomic E-state index is 12.1. The number of benzene rings is 1. The van der Waals surface area contributed by atoms with Crippen molar-refractivity contribution in [3.63, 3.8) is 0 Å². The highest BCUT2D eigenvalue weighted by atomic mass is 32.1. The SMILES string of the molecule is NC(=S)Cc1ccccc1C(=O)NCc1ccco1. The molecule has 1 heterocycles. The van der Waals surface area contributed by atoms with E-state index in [0.29, 0.717) is 29.3 Å². The molecule has 1 amide bonds. The Morgan fingerprint density at radius 2 is 2.05 bits per heavy atom. The van der Waals surface area contributed by atoms with Gasteiger partial charge in [-0.3, -0.25) is 4.79 Å². The summed E-state index contributed by atoms with van der Waals surface area (Å²) in [5.74, 6) is 0.545. The van der Waals surface area contributed by atoms with Crippen LogP contribution in [0.25, 0.3) is 0 Å². The molecule has 0 unspecified atom stereocenters. The minimum absolute atomic E-state index is 0.164. The molecule has 98 valence electrons. The summed E-state index contributed by atoms with van der Waals surface area (Å²) in [5.41, 5.74) is 6.94. The van der Waals surface area contributed by atoms with Crippen molar-refractivity contribution in [2.75, 3.05) is 0 Å². The van der Waals surface area contributed by atoms with Crippen molar-refractivity contribution in [3.8, 4) is 0 Å². The normalized spacial score (nSPS) is 10.1. The van der Waals surface area contributed by atoms with Gasteiger partial charge in [0.1, 0.15) is 5.76 Å². The fourth-order valence-electron chi connectivity index (χ4n) is 1.76. The van der Waals surface area contributed by atoms with Crippen LogP contribution in [0, 0.1) is 0 Å². The highest BCUT2D eigenvalue weighted by Crippen LogP contribution is 2.10. The van der Waals surface area contributed by atoms with Crippen LogP contribution in [0.5, 0.6) is 0 Å². The molecule has 0 aliphatic rings. The Morgan fingerprint density at radius 1 is 1.26 bits per heavy atom. The monoisotopic (exact) mass is 274 g/mol. The van der Waals surface area contributed by atoms with Gasteiger partial charge in [-0.05, 0) is 23.8 Å². The molecule has 1 aromatic carbocycles. The molecule has 5 heteroatoms. The van der Waals surface area contributed by atoms with E-state index in [1.54, 1.807) is 24.5 Å². The molecule has 0 saturated carbocycles. The second-order valence-corrected chi connectivity index (χ2v) is 4.59. The van der Waals surface area contributed by atoms with Crippen LogP contribution in [-0.2, 0) is 13.0 Å². The van der Waals surface area contributed by atoms with Crippen LogP contribution in [0.2, 0.25) is 0 Å². The van der Waals surface area contributed by atoms with Gasteiger partial charge in [0.15, 0.2) is 0 Å². The molecule has 0 saturated heterocycles. The van der Waals surface area contributed by atoms with Gasteiger partial charge < -0.3 is 15.5 Å². The molecule has 4 nitrogen and oxygen atoms in total. The molecule has 2 rings (SSSR count). The second-order valence-electron chi connectivity index (χ2n) is 4.06. The van der Waals surface area contributed by atoms with Crippen LogP contribution in [0.1, 0.15) is 21.7 Å². The third-order valence-electron chi connectivity index (χ3n) is 2.63. The number of hydrogen-bond donors (Lipinski definition) is 2. The first-order valence-electron chi connectivity index (χ1n) is 5.83. The molecular weight excluding hydrogens is 260 g/mol. The molecule has 19 heavy (non-hydrogen) atoms. The standard InChI is InChI=1S/C14H14N2O2S/c15-13(19)8-10-4-1-2-6-12(10)14(17)16-9-11-5-3-7-18-11/h1-7H,8-9H2,(H2,15,19)(H,16,17). The van der Waals surface area contributed by atoms with E-state index < -0.39 is 0 Å². The number of amides is 1. The third kappa shape index (κ3) is 3.66. The predicted octanol–water partition coefficient (Wildman–Crippen LogP) is 2.04. The Bertz CT molecular complexity index is 579. The molecule has 0 radical (unpaired) electrons. The van der Waals surface area contributed by atoms with Gasteiger partial charge in [-0.25, -0.2) is 0 Å². The summed E-state index contributed by atoms with van der Waals surface area (Å²) in [6, 6.07) is 10.9. The Kier molecular flexibility index (Phi) is 4.30. The molecule has 0 aliphatic heterocycles. The number of thiocarbonyl (C=S) groups is 1. The summed E-state index contributed by atoms with van der Waals surface area (Å²) in [6.45, 7) is 0.354. The van der Waals surface area contributed by atoms with Crippen molar-refractivity contribution >= 4 is 23.1 Å². The topological polar surface area (TPSA) is 68.3 Å². The lowest BCUT2D eigenvalue weighted by Crippen LogP contribution is -2.24. The minimum Gasteiger partial charge on any atom is -0.467 e. The van der Waals surface area contributed by atoms with Crippen LogP contribution in [-0.4, -0.2) is 10.9 Å². The van der Waals surface area contributed by atoms with Crippen LogP contribution < -0.4 is 11.1 Å². The number of carbonyl (C=O) groups is 1. The van der Waals surface area contributed by atoms with Gasteiger partial charge >= 0.3 is 0 Å². The lowest BCUT2D eigenvalue weighted by Gasteiger charge is -2.08. The first kappa shape index (κ1) is 13.3. The van der Waals surface area contributed by atoms with Gasteiger partial charge in [0.2, 0.25) is 0 Å². The summed E-state index contributed by atoms with van der Waals surface area (Å²) in [7, 11) is 0. The van der Waals surface area contributed by atoms with Crippen molar-refractivity contribution in [1.29, 1.82) is 0 Å². The molecule has 0 atom stereocenters. The van der Waals surface area contributed by atoms with E-state index in [4.69, 9.17) is 22.4 Å². The first-order valence-corrected chi connectivity index (χ1v) is 6.24. The molecule has 1 aromatic heterocycles.